The van der Waals surface area contributed by atoms with E-state index in [-0.39, 0.29) is 12.1 Å². The minimum absolute atomic E-state index is 0.0608. The molecular formula is C24H23NO5. The fourth-order valence-electron chi connectivity index (χ4n) is 2.97. The Balaban J connectivity index is 1.96. The van der Waals surface area contributed by atoms with Crippen LogP contribution >= 0.6 is 0 Å². The van der Waals surface area contributed by atoms with Crippen molar-refractivity contribution in [3.05, 3.63) is 90.0 Å². The number of methoxy groups -OCH3 is 2. The van der Waals surface area contributed by atoms with Gasteiger partial charge in [-0.2, -0.15) is 0 Å². The van der Waals surface area contributed by atoms with E-state index < -0.39 is 11.9 Å². The van der Waals surface area contributed by atoms with E-state index >= 15 is 0 Å². The predicted octanol–water partition coefficient (Wildman–Crippen LogP) is 4.36. The van der Waals surface area contributed by atoms with E-state index in [9.17, 15) is 9.59 Å². The third kappa shape index (κ3) is 5.17. The van der Waals surface area contributed by atoms with Gasteiger partial charge >= 0.3 is 11.9 Å². The normalized spacial score (nSPS) is 10.2. The maximum atomic E-state index is 12.5. The second-order valence-electron chi connectivity index (χ2n) is 6.44. The Kier molecular flexibility index (Phi) is 7.05. The molecule has 154 valence electrons. The van der Waals surface area contributed by atoms with E-state index in [1.807, 2.05) is 60.7 Å². The molecule has 0 saturated carbocycles. The summed E-state index contributed by atoms with van der Waals surface area (Å²) in [5, 5.41) is 0. The molecule has 0 aliphatic rings. The van der Waals surface area contributed by atoms with Gasteiger partial charge in [0.1, 0.15) is 18.9 Å². The van der Waals surface area contributed by atoms with Gasteiger partial charge in [-0.1, -0.05) is 48.5 Å². The van der Waals surface area contributed by atoms with Crippen molar-refractivity contribution in [3.8, 4) is 5.75 Å². The number of carbonyl (C=O) groups excluding carboxylic acids is 2. The minimum atomic E-state index is -0.527. The van der Waals surface area contributed by atoms with Crippen molar-refractivity contribution in [1.82, 2.24) is 0 Å². The number of esters is 2. The van der Waals surface area contributed by atoms with Gasteiger partial charge in [0.25, 0.3) is 0 Å². The van der Waals surface area contributed by atoms with Crippen LogP contribution in [0.15, 0.2) is 78.9 Å². The van der Waals surface area contributed by atoms with Crippen LogP contribution in [0.3, 0.4) is 0 Å². The molecule has 6 heteroatoms. The first-order chi connectivity index (χ1) is 14.6. The van der Waals surface area contributed by atoms with Crippen LogP contribution in [0.4, 0.5) is 11.4 Å². The van der Waals surface area contributed by atoms with Crippen LogP contribution in [-0.4, -0.2) is 32.7 Å². The van der Waals surface area contributed by atoms with Gasteiger partial charge in [0.15, 0.2) is 0 Å². The summed E-state index contributed by atoms with van der Waals surface area (Å²) >= 11 is 0. The zero-order valence-electron chi connectivity index (χ0n) is 16.9. The van der Waals surface area contributed by atoms with Crippen molar-refractivity contribution in [2.24, 2.45) is 0 Å². The number of rotatable bonds is 8. The minimum Gasteiger partial charge on any atom is -0.489 e. The molecule has 0 amide bonds. The summed E-state index contributed by atoms with van der Waals surface area (Å²) in [6, 6.07) is 24.1. The van der Waals surface area contributed by atoms with Crippen LogP contribution in [0.5, 0.6) is 5.75 Å². The summed E-state index contributed by atoms with van der Waals surface area (Å²) in [4.78, 5) is 26.3. The number of hydrogen-bond donors (Lipinski definition) is 0. The van der Waals surface area contributed by atoms with Gasteiger partial charge < -0.3 is 19.1 Å². The van der Waals surface area contributed by atoms with Gasteiger partial charge in [0, 0.05) is 5.69 Å². The third-order valence-electron chi connectivity index (χ3n) is 4.50. The Labute approximate surface area is 175 Å². The molecule has 0 heterocycles. The summed E-state index contributed by atoms with van der Waals surface area (Å²) in [6.07, 6.45) is 0. The first kappa shape index (κ1) is 20.9. The van der Waals surface area contributed by atoms with Gasteiger partial charge in [-0.25, -0.2) is 4.79 Å². The van der Waals surface area contributed by atoms with Gasteiger partial charge in [0.05, 0.1) is 25.5 Å². The van der Waals surface area contributed by atoms with Crippen molar-refractivity contribution in [3.63, 3.8) is 0 Å². The molecule has 0 N–H and O–H groups in total. The molecule has 0 unspecified atom stereocenters. The number of nitrogens with zero attached hydrogens (tertiary/aromatic N) is 1. The zero-order chi connectivity index (χ0) is 21.3. The van der Waals surface area contributed by atoms with Crippen LogP contribution < -0.4 is 9.64 Å². The van der Waals surface area contributed by atoms with Crippen molar-refractivity contribution < 1.29 is 23.8 Å². The van der Waals surface area contributed by atoms with E-state index in [1.165, 1.54) is 14.2 Å². The molecule has 3 aromatic carbocycles. The van der Waals surface area contributed by atoms with Crippen molar-refractivity contribution in [2.75, 3.05) is 25.7 Å². The fraction of sp³-hybridized carbons (Fsp3) is 0.167. The first-order valence-electron chi connectivity index (χ1n) is 9.41. The highest BCUT2D eigenvalue weighted by molar-refractivity contribution is 5.98. The molecular weight excluding hydrogens is 382 g/mol. The van der Waals surface area contributed by atoms with Crippen molar-refractivity contribution >= 4 is 23.3 Å². The largest absolute Gasteiger partial charge is 0.489 e. The lowest BCUT2D eigenvalue weighted by atomic mass is 10.1. The molecule has 0 fully saturated rings. The second-order valence-corrected chi connectivity index (χ2v) is 6.44. The predicted molar refractivity (Wildman–Crippen MR) is 114 cm³/mol. The van der Waals surface area contributed by atoms with Gasteiger partial charge in [-0.15, -0.1) is 0 Å². The lowest BCUT2D eigenvalue weighted by Crippen LogP contribution is -2.27. The molecule has 0 atom stereocenters. The summed E-state index contributed by atoms with van der Waals surface area (Å²) < 4.78 is 15.7. The standard InChI is InChI=1S/C24H23NO5/c1-28-23(26)16-25(19-11-7-4-8-12-19)22-14-13-20(15-21(22)24(27)29-2)30-17-18-9-5-3-6-10-18/h3-15H,16-17H2,1-2H3. The average Bonchev–Trinajstić information content (AvgIpc) is 2.81. The molecule has 0 aliphatic heterocycles. The number of anilines is 2. The van der Waals surface area contributed by atoms with E-state index in [1.54, 1.807) is 23.1 Å². The van der Waals surface area contributed by atoms with Crippen LogP contribution in [-0.2, 0) is 20.9 Å². The van der Waals surface area contributed by atoms with Gasteiger partial charge in [-0.05, 0) is 35.9 Å². The Morgan fingerprint density at radius 1 is 0.833 bits per heavy atom. The molecule has 0 aliphatic carbocycles. The highest BCUT2D eigenvalue weighted by Gasteiger charge is 2.22. The number of hydrogen-bond acceptors (Lipinski definition) is 6. The van der Waals surface area contributed by atoms with Gasteiger partial charge in [-0.3, -0.25) is 4.79 Å². The third-order valence-corrected chi connectivity index (χ3v) is 4.50. The molecule has 0 radical (unpaired) electrons. The molecule has 30 heavy (non-hydrogen) atoms. The molecule has 0 spiro atoms. The number of para-hydroxylation sites is 1. The lowest BCUT2D eigenvalue weighted by molar-refractivity contribution is -0.138. The van der Waals surface area contributed by atoms with E-state index in [2.05, 4.69) is 0 Å². The van der Waals surface area contributed by atoms with Crippen molar-refractivity contribution in [1.29, 1.82) is 0 Å². The first-order valence-corrected chi connectivity index (χ1v) is 9.41. The Bertz CT molecular complexity index is 989. The smallest absolute Gasteiger partial charge is 0.340 e. The molecule has 0 bridgehead atoms. The highest BCUT2D eigenvalue weighted by Crippen LogP contribution is 2.32. The van der Waals surface area contributed by atoms with E-state index in [0.29, 0.717) is 18.0 Å². The number of ether oxygens (including phenoxy) is 3. The molecule has 3 rings (SSSR count). The Morgan fingerprint density at radius 2 is 1.50 bits per heavy atom. The zero-order valence-corrected chi connectivity index (χ0v) is 16.9. The topological polar surface area (TPSA) is 65.1 Å². The molecule has 3 aromatic rings. The fourth-order valence-corrected chi connectivity index (χ4v) is 2.97. The van der Waals surface area contributed by atoms with Crippen LogP contribution in [0.25, 0.3) is 0 Å². The van der Waals surface area contributed by atoms with Crippen LogP contribution in [0.2, 0.25) is 0 Å². The van der Waals surface area contributed by atoms with Crippen molar-refractivity contribution in [2.45, 2.75) is 6.61 Å². The van der Waals surface area contributed by atoms with Gasteiger partial charge in [0.2, 0.25) is 0 Å². The quantitative estimate of drug-likeness (QED) is 0.519. The Morgan fingerprint density at radius 3 is 2.13 bits per heavy atom. The lowest BCUT2D eigenvalue weighted by Gasteiger charge is -2.26. The summed E-state index contributed by atoms with van der Waals surface area (Å²) in [6.45, 7) is 0.306. The van der Waals surface area contributed by atoms with Crippen LogP contribution in [0.1, 0.15) is 15.9 Å². The summed E-state index contributed by atoms with van der Waals surface area (Å²) in [7, 11) is 2.64. The highest BCUT2D eigenvalue weighted by atomic mass is 16.5. The maximum absolute atomic E-state index is 12.5. The molecule has 0 aromatic heterocycles. The number of benzene rings is 3. The maximum Gasteiger partial charge on any atom is 0.340 e. The molecule has 6 nitrogen and oxygen atoms in total. The monoisotopic (exact) mass is 405 g/mol. The average molecular weight is 405 g/mol. The second kappa shape index (κ2) is 10.1. The molecule has 0 saturated heterocycles. The SMILES string of the molecule is COC(=O)CN(c1ccccc1)c1ccc(OCc2ccccc2)cc1C(=O)OC. The summed E-state index contributed by atoms with van der Waals surface area (Å²) in [5.74, 6) is -0.436. The van der Waals surface area contributed by atoms with E-state index in [0.717, 1.165) is 11.3 Å². The van der Waals surface area contributed by atoms with Crippen LogP contribution in [0, 0.1) is 0 Å². The van der Waals surface area contributed by atoms with E-state index in [4.69, 9.17) is 14.2 Å². The summed E-state index contributed by atoms with van der Waals surface area (Å²) in [5.41, 5.74) is 2.56. The Hall–Kier alpha value is -3.80. The number of carbonyl (C=O) groups is 2.